The van der Waals surface area contributed by atoms with Crippen LogP contribution in [0.4, 0.5) is 35.1 Å². The van der Waals surface area contributed by atoms with Gasteiger partial charge in [-0.3, -0.25) is 14.6 Å². The maximum absolute atomic E-state index is 14.8. The van der Waals surface area contributed by atoms with Gasteiger partial charge in [0.15, 0.2) is 15.4 Å². The number of pyridine rings is 2. The highest BCUT2D eigenvalue weighted by atomic mass is 32.2. The number of nitrogens with zero attached hydrogens (tertiary/aromatic N) is 2. The first-order chi connectivity index (χ1) is 20.3. The van der Waals surface area contributed by atoms with Crippen molar-refractivity contribution in [2.24, 2.45) is 0 Å². The lowest BCUT2D eigenvalue weighted by Gasteiger charge is -2.41. The monoisotopic (exact) mass is 660 g/mol. The molecule has 2 aromatic heterocycles. The number of halogens is 8. The van der Waals surface area contributed by atoms with E-state index in [0.29, 0.717) is 0 Å². The van der Waals surface area contributed by atoms with E-state index in [9.17, 15) is 53.1 Å². The maximum atomic E-state index is 14.8. The van der Waals surface area contributed by atoms with E-state index in [1.807, 2.05) is 5.32 Å². The Morgan fingerprint density at radius 3 is 2.32 bits per heavy atom. The zero-order valence-corrected chi connectivity index (χ0v) is 23.4. The molecule has 0 aliphatic carbocycles. The van der Waals surface area contributed by atoms with Gasteiger partial charge in [0.1, 0.15) is 11.5 Å². The summed E-state index contributed by atoms with van der Waals surface area (Å²) in [7, 11) is -3.79. The number of hydrogen-bond acceptors (Lipinski definition) is 8. The van der Waals surface area contributed by atoms with Gasteiger partial charge in [-0.2, -0.15) is 35.1 Å². The molecule has 2 N–H and O–H groups in total. The number of amides is 2. The van der Waals surface area contributed by atoms with Crippen LogP contribution in [0.5, 0.6) is 11.6 Å². The van der Waals surface area contributed by atoms with Crippen LogP contribution >= 0.6 is 0 Å². The van der Waals surface area contributed by atoms with Crippen LogP contribution < -0.4 is 20.1 Å². The van der Waals surface area contributed by atoms with Gasteiger partial charge in [0.2, 0.25) is 17.7 Å². The SMILES string of the molecule is CS(=O)(=O)CC(=O)NCC1=C(c2ccc(OC(F)F)cn2)C[C@](c2ccc(OCCCC(F)(F)F)nc2)(C(F)(F)F)NC1=O. The van der Waals surface area contributed by atoms with Crippen molar-refractivity contribution >= 4 is 27.2 Å². The Hall–Kier alpha value is -4.03. The summed E-state index contributed by atoms with van der Waals surface area (Å²) in [4.78, 5) is 32.9. The van der Waals surface area contributed by atoms with Crippen LogP contribution in [0.3, 0.4) is 0 Å². The minimum atomic E-state index is -5.20. The lowest BCUT2D eigenvalue weighted by atomic mass is 9.78. The second kappa shape index (κ2) is 13.3. The van der Waals surface area contributed by atoms with Gasteiger partial charge >= 0.3 is 19.0 Å². The molecule has 10 nitrogen and oxygen atoms in total. The van der Waals surface area contributed by atoms with Crippen LogP contribution in [0.25, 0.3) is 5.57 Å². The van der Waals surface area contributed by atoms with Crippen molar-refractivity contribution in [3.8, 4) is 11.6 Å². The van der Waals surface area contributed by atoms with Crippen molar-refractivity contribution in [2.45, 2.75) is 43.8 Å². The molecule has 3 rings (SSSR count). The zero-order valence-electron chi connectivity index (χ0n) is 22.6. The molecule has 2 amide bonds. The summed E-state index contributed by atoms with van der Waals surface area (Å²) < 4.78 is 139. The second-order valence-electron chi connectivity index (χ2n) is 9.55. The van der Waals surface area contributed by atoms with E-state index in [1.54, 1.807) is 0 Å². The van der Waals surface area contributed by atoms with Gasteiger partial charge in [0, 0.05) is 49.0 Å². The fourth-order valence-electron chi connectivity index (χ4n) is 4.14. The van der Waals surface area contributed by atoms with Crippen LogP contribution in [-0.2, 0) is 25.0 Å². The minimum absolute atomic E-state index is 0.278. The third-order valence-electron chi connectivity index (χ3n) is 6.10. The van der Waals surface area contributed by atoms with Crippen LogP contribution in [0.15, 0.2) is 42.2 Å². The van der Waals surface area contributed by atoms with Crippen molar-refractivity contribution in [3.63, 3.8) is 0 Å². The molecule has 0 bridgehead atoms. The Morgan fingerprint density at radius 2 is 1.80 bits per heavy atom. The molecule has 242 valence electrons. The van der Waals surface area contributed by atoms with Crippen LogP contribution in [0.2, 0.25) is 0 Å². The van der Waals surface area contributed by atoms with E-state index >= 15 is 0 Å². The van der Waals surface area contributed by atoms with Gasteiger partial charge in [-0.15, -0.1) is 0 Å². The molecule has 0 saturated carbocycles. The predicted molar refractivity (Wildman–Crippen MR) is 136 cm³/mol. The number of rotatable bonds is 12. The van der Waals surface area contributed by atoms with Gasteiger partial charge in [0.05, 0.1) is 18.5 Å². The topological polar surface area (TPSA) is 137 Å². The van der Waals surface area contributed by atoms with E-state index in [4.69, 9.17) is 4.74 Å². The first kappa shape index (κ1) is 34.5. The molecule has 3 heterocycles. The highest BCUT2D eigenvalue weighted by Gasteiger charge is 2.59. The number of alkyl halides is 8. The minimum Gasteiger partial charge on any atom is -0.478 e. The number of aromatic nitrogens is 2. The van der Waals surface area contributed by atoms with Gasteiger partial charge in [-0.25, -0.2) is 13.4 Å². The molecule has 0 saturated heterocycles. The van der Waals surface area contributed by atoms with Gasteiger partial charge in [-0.1, -0.05) is 0 Å². The average molecular weight is 661 g/mol. The smallest absolute Gasteiger partial charge is 0.416 e. The number of nitrogens with one attached hydrogen (secondary N) is 2. The van der Waals surface area contributed by atoms with E-state index in [2.05, 4.69) is 20.0 Å². The zero-order chi connectivity index (χ0) is 32.9. The van der Waals surface area contributed by atoms with Crippen molar-refractivity contribution in [3.05, 3.63) is 53.5 Å². The predicted octanol–water partition coefficient (Wildman–Crippen LogP) is 3.69. The Bertz CT molecular complexity index is 1480. The lowest BCUT2D eigenvalue weighted by molar-refractivity contribution is -0.202. The summed E-state index contributed by atoms with van der Waals surface area (Å²) in [6.45, 7) is -4.38. The molecule has 1 aliphatic heterocycles. The standard InChI is InChI=1S/C25H24F8N4O6S/c1-44(40,41)13-19(38)35-12-17-16(18-5-4-15(11-34-18)43-22(26)27)9-23(25(31,32)33,37-21(17)39)14-3-6-20(36-10-14)42-8-2-7-24(28,29)30/h3-6,10-11,22H,2,7-9,12-13H2,1H3,(H,35,38)(H,37,39)/t23-/m0/s1. The molecular weight excluding hydrogens is 636 g/mol. The fraction of sp³-hybridized carbons (Fsp3) is 0.440. The quantitative estimate of drug-likeness (QED) is 0.260. The summed E-state index contributed by atoms with van der Waals surface area (Å²) in [5.74, 6) is -4.08. The van der Waals surface area contributed by atoms with Crippen molar-refractivity contribution in [2.75, 3.05) is 25.2 Å². The first-order valence-electron chi connectivity index (χ1n) is 12.4. The molecular formula is C25H24F8N4O6S. The number of hydrogen-bond donors (Lipinski definition) is 2. The van der Waals surface area contributed by atoms with E-state index in [0.717, 1.165) is 42.9 Å². The molecule has 0 fully saturated rings. The van der Waals surface area contributed by atoms with Crippen molar-refractivity contribution < 1.29 is 62.6 Å². The molecule has 0 unspecified atom stereocenters. The van der Waals surface area contributed by atoms with E-state index in [1.165, 1.54) is 0 Å². The summed E-state index contributed by atoms with van der Waals surface area (Å²) in [6.07, 6.45) is -9.99. The van der Waals surface area contributed by atoms with Crippen LogP contribution in [-0.4, -0.2) is 74.3 Å². The normalized spacial score (nSPS) is 17.8. The van der Waals surface area contributed by atoms with Gasteiger partial charge in [-0.05, 0) is 30.2 Å². The molecule has 44 heavy (non-hydrogen) atoms. The fourth-order valence-corrected chi connectivity index (χ4v) is 4.72. The highest BCUT2D eigenvalue weighted by molar-refractivity contribution is 7.91. The largest absolute Gasteiger partial charge is 0.478 e. The molecule has 1 atom stereocenters. The molecule has 0 aromatic carbocycles. The summed E-state index contributed by atoms with van der Waals surface area (Å²) in [5.41, 5.74) is -4.83. The Balaban J connectivity index is 2.00. The van der Waals surface area contributed by atoms with Crippen molar-refractivity contribution in [1.29, 1.82) is 0 Å². The van der Waals surface area contributed by atoms with E-state index in [-0.39, 0.29) is 17.1 Å². The maximum Gasteiger partial charge on any atom is 0.416 e. The first-order valence-corrected chi connectivity index (χ1v) is 14.5. The lowest BCUT2D eigenvalue weighted by Crippen LogP contribution is -2.59. The number of carbonyl (C=O) groups excluding carboxylic acids is 2. The average Bonchev–Trinajstić information content (AvgIpc) is 2.88. The number of carbonyl (C=O) groups is 2. The molecule has 2 aromatic rings. The number of ether oxygens (including phenoxy) is 2. The molecule has 0 radical (unpaired) electrons. The molecule has 19 heteroatoms. The summed E-state index contributed by atoms with van der Waals surface area (Å²) >= 11 is 0. The summed E-state index contributed by atoms with van der Waals surface area (Å²) in [5, 5.41) is 4.04. The molecule has 1 aliphatic rings. The van der Waals surface area contributed by atoms with Gasteiger partial charge < -0.3 is 20.1 Å². The molecule has 0 spiro atoms. The third kappa shape index (κ3) is 9.23. The number of sulfone groups is 1. The Morgan fingerprint density at radius 1 is 1.09 bits per heavy atom. The van der Waals surface area contributed by atoms with Gasteiger partial charge in [0.25, 0.3) is 0 Å². The highest BCUT2D eigenvalue weighted by Crippen LogP contribution is 2.48. The van der Waals surface area contributed by atoms with Crippen molar-refractivity contribution in [1.82, 2.24) is 20.6 Å². The van der Waals surface area contributed by atoms with E-state index < -0.39 is 101 Å². The Kier molecular flexibility index (Phi) is 10.4. The Labute approximate surface area is 244 Å². The van der Waals surface area contributed by atoms with Crippen LogP contribution in [0.1, 0.15) is 30.5 Å². The third-order valence-corrected chi connectivity index (χ3v) is 6.89. The second-order valence-corrected chi connectivity index (χ2v) is 11.7. The summed E-state index contributed by atoms with van der Waals surface area (Å²) in [6, 6.07) is 3.86. The van der Waals surface area contributed by atoms with Crippen LogP contribution in [0, 0.1) is 0 Å².